The first-order chi connectivity index (χ1) is 5.13. The molecule has 0 fully saturated rings. The van der Waals surface area contributed by atoms with Gasteiger partial charge in [0.1, 0.15) is 0 Å². The average Bonchev–Trinajstić information content (AvgIpc) is 1.85. The van der Waals surface area contributed by atoms with E-state index in [1.54, 1.807) is 12.1 Å². The number of rotatable bonds is 1. The van der Waals surface area contributed by atoms with Crippen molar-refractivity contribution in [1.82, 2.24) is 0 Å². The largest absolute Gasteiger partial charge is 0.551 e. The van der Waals surface area contributed by atoms with E-state index in [4.69, 9.17) is 10.00 Å². The Morgan fingerprint density at radius 1 is 1.45 bits per heavy atom. The molecule has 58 valence electrons. The maximum absolute atomic E-state index is 10.6. The molecule has 0 spiro atoms. The lowest BCUT2D eigenvalue weighted by molar-refractivity contribution is 0.474. The lowest BCUT2D eigenvalue weighted by Gasteiger charge is -1.91. The molecule has 0 aliphatic rings. The maximum atomic E-state index is 10.6. The van der Waals surface area contributed by atoms with Crippen LogP contribution < -0.4 is 5.30 Å². The van der Waals surface area contributed by atoms with E-state index in [1.165, 1.54) is 6.07 Å². The molecule has 3 nitrogen and oxygen atoms in total. The molecule has 0 saturated heterocycles. The third kappa shape index (κ3) is 1.77. The van der Waals surface area contributed by atoms with E-state index in [-0.39, 0.29) is 11.1 Å². The predicted octanol–water partition coefficient (Wildman–Crippen LogP) is 1.51. The number of phenolic OH excluding ortho intramolecular Hbond substituents is 1. The maximum Gasteiger partial charge on any atom is 0.551 e. The molecule has 0 bridgehead atoms. The van der Waals surface area contributed by atoms with Crippen molar-refractivity contribution in [2.24, 2.45) is 0 Å². The molecule has 0 aliphatic heterocycles. The van der Waals surface area contributed by atoms with Gasteiger partial charge in [0.25, 0.3) is 5.30 Å². The Kier molecular flexibility index (Phi) is 2.60. The van der Waals surface area contributed by atoms with Crippen LogP contribution in [0.4, 0.5) is 0 Å². The second-order valence-corrected chi connectivity index (χ2v) is 3.73. The van der Waals surface area contributed by atoms with Crippen LogP contribution in [0.25, 0.3) is 0 Å². The lowest BCUT2D eigenvalue weighted by Crippen LogP contribution is -1.98. The number of hydrogen-bond acceptors (Lipinski definition) is 2. The van der Waals surface area contributed by atoms with Gasteiger partial charge in [0.05, 0.1) is 4.47 Å². The highest BCUT2D eigenvalue weighted by atomic mass is 79.9. The summed E-state index contributed by atoms with van der Waals surface area (Å²) in [7, 11) is -2.48. The summed E-state index contributed by atoms with van der Waals surface area (Å²) < 4.78 is 11.0. The summed E-state index contributed by atoms with van der Waals surface area (Å²) in [5.41, 5.74) is 0. The molecule has 1 rings (SSSR count). The van der Waals surface area contributed by atoms with Crippen LogP contribution in [-0.2, 0) is 4.57 Å². The van der Waals surface area contributed by atoms with Crippen LogP contribution in [0.5, 0.6) is 5.75 Å². The summed E-state index contributed by atoms with van der Waals surface area (Å²) in [4.78, 5) is 8.70. The Bertz CT molecular complexity index is 280. The van der Waals surface area contributed by atoms with Gasteiger partial charge in [-0.2, -0.15) is 4.89 Å². The summed E-state index contributed by atoms with van der Waals surface area (Å²) in [6.45, 7) is 0. The van der Waals surface area contributed by atoms with E-state index in [0.29, 0.717) is 4.47 Å². The first-order valence-corrected chi connectivity index (χ1v) is 4.77. The fourth-order valence-electron chi connectivity index (χ4n) is 0.693. The Labute approximate surface area is 72.7 Å². The van der Waals surface area contributed by atoms with Crippen molar-refractivity contribution in [3.63, 3.8) is 0 Å². The van der Waals surface area contributed by atoms with Crippen LogP contribution in [0.15, 0.2) is 22.7 Å². The number of hydrogen-bond donors (Lipinski definition) is 2. The zero-order valence-corrected chi connectivity index (χ0v) is 7.84. The normalized spacial score (nSPS) is 11.3. The van der Waals surface area contributed by atoms with E-state index in [1.807, 2.05) is 0 Å². The molecule has 0 heterocycles. The van der Waals surface area contributed by atoms with Crippen molar-refractivity contribution in [3.05, 3.63) is 22.7 Å². The first-order valence-electron chi connectivity index (χ1n) is 2.76. The third-order valence-electron chi connectivity index (χ3n) is 1.16. The quantitative estimate of drug-likeness (QED) is 0.726. The summed E-state index contributed by atoms with van der Waals surface area (Å²) in [5, 5.41) is 9.13. The van der Waals surface area contributed by atoms with Gasteiger partial charge in [-0.15, -0.1) is 0 Å². The minimum Gasteiger partial charge on any atom is -0.504 e. The van der Waals surface area contributed by atoms with Crippen molar-refractivity contribution in [2.45, 2.75) is 0 Å². The van der Waals surface area contributed by atoms with Crippen molar-refractivity contribution in [2.75, 3.05) is 0 Å². The molecule has 1 unspecified atom stereocenters. The molecular weight excluding hydrogens is 231 g/mol. The fourth-order valence-corrected chi connectivity index (χ4v) is 2.03. The molecule has 1 aromatic carbocycles. The summed E-state index contributed by atoms with van der Waals surface area (Å²) >= 11 is 3.04. The Morgan fingerprint density at radius 2 is 2.09 bits per heavy atom. The number of benzene rings is 1. The van der Waals surface area contributed by atoms with Gasteiger partial charge in [0.2, 0.25) is 0 Å². The lowest BCUT2D eigenvalue weighted by atomic mass is 10.3. The van der Waals surface area contributed by atoms with Crippen molar-refractivity contribution < 1.29 is 14.6 Å². The minimum absolute atomic E-state index is 0.0440. The molecule has 11 heavy (non-hydrogen) atoms. The molecule has 1 aromatic rings. The highest BCUT2D eigenvalue weighted by Gasteiger charge is 2.25. The van der Waals surface area contributed by atoms with E-state index < -0.39 is 8.03 Å². The van der Waals surface area contributed by atoms with E-state index >= 15 is 0 Å². The second-order valence-electron chi connectivity index (χ2n) is 1.88. The Balaban J connectivity index is 3.32. The van der Waals surface area contributed by atoms with Gasteiger partial charge in [-0.05, 0) is 32.6 Å². The van der Waals surface area contributed by atoms with Gasteiger partial charge in [-0.1, -0.05) is 6.07 Å². The molecule has 1 atom stereocenters. The Hall–Kier alpha value is -0.440. The van der Waals surface area contributed by atoms with E-state index in [0.717, 1.165) is 0 Å². The summed E-state index contributed by atoms with van der Waals surface area (Å²) in [6, 6.07) is 4.55. The molecule has 0 radical (unpaired) electrons. The smallest absolute Gasteiger partial charge is 0.504 e. The van der Waals surface area contributed by atoms with Crippen molar-refractivity contribution >= 4 is 29.3 Å². The number of aromatic hydroxyl groups is 1. The van der Waals surface area contributed by atoms with Gasteiger partial charge in [0.15, 0.2) is 5.75 Å². The summed E-state index contributed by atoms with van der Waals surface area (Å²) in [6.07, 6.45) is 0. The molecular formula is C6H5BrO3P+. The monoisotopic (exact) mass is 235 g/mol. The van der Waals surface area contributed by atoms with Crippen LogP contribution >= 0.6 is 24.0 Å². The summed E-state index contributed by atoms with van der Waals surface area (Å²) in [5.74, 6) is -0.164. The molecule has 0 aromatic heterocycles. The SMILES string of the molecule is O=[P+](O)c1c(O)cccc1Br. The number of phenols is 1. The average molecular weight is 236 g/mol. The molecule has 0 aliphatic carbocycles. The van der Waals surface area contributed by atoms with Crippen LogP contribution in [-0.4, -0.2) is 10.00 Å². The van der Waals surface area contributed by atoms with Crippen molar-refractivity contribution in [1.29, 1.82) is 0 Å². The Morgan fingerprint density at radius 3 is 2.45 bits per heavy atom. The van der Waals surface area contributed by atoms with Crippen LogP contribution in [0.3, 0.4) is 0 Å². The van der Waals surface area contributed by atoms with Gasteiger partial charge in [-0.25, -0.2) is 0 Å². The fraction of sp³-hybridized carbons (Fsp3) is 0. The van der Waals surface area contributed by atoms with Crippen molar-refractivity contribution in [3.8, 4) is 5.75 Å². The first kappa shape index (κ1) is 8.65. The minimum atomic E-state index is -2.48. The van der Waals surface area contributed by atoms with E-state index in [2.05, 4.69) is 15.9 Å². The van der Waals surface area contributed by atoms with Crippen LogP contribution in [0.2, 0.25) is 0 Å². The third-order valence-corrected chi connectivity index (χ3v) is 2.98. The van der Waals surface area contributed by atoms with Gasteiger partial charge < -0.3 is 5.11 Å². The highest BCUT2D eigenvalue weighted by Crippen LogP contribution is 2.26. The zero-order valence-electron chi connectivity index (χ0n) is 5.36. The van der Waals surface area contributed by atoms with Gasteiger partial charge in [0, 0.05) is 0 Å². The van der Waals surface area contributed by atoms with Gasteiger partial charge >= 0.3 is 8.03 Å². The molecule has 2 N–H and O–H groups in total. The molecule has 0 saturated carbocycles. The number of halogens is 1. The second kappa shape index (κ2) is 3.30. The predicted molar refractivity (Wildman–Crippen MR) is 45.3 cm³/mol. The standard InChI is InChI=1S/C6H4BrO3P/c7-4-2-1-3-5(8)6(4)11(9)10/h1-3H,(H-,8,9,10)/p+1. The topological polar surface area (TPSA) is 57.5 Å². The van der Waals surface area contributed by atoms with Crippen LogP contribution in [0, 0.1) is 0 Å². The van der Waals surface area contributed by atoms with Gasteiger partial charge in [-0.3, -0.25) is 0 Å². The zero-order chi connectivity index (χ0) is 8.43. The van der Waals surface area contributed by atoms with E-state index in [9.17, 15) is 4.57 Å². The molecule has 0 amide bonds. The highest BCUT2D eigenvalue weighted by molar-refractivity contribution is 9.10. The molecule has 5 heteroatoms. The van der Waals surface area contributed by atoms with Crippen LogP contribution in [0.1, 0.15) is 0 Å².